The number of methoxy groups -OCH3 is 2. The van der Waals surface area contributed by atoms with E-state index in [0.717, 1.165) is 37.2 Å². The monoisotopic (exact) mass is 249 g/mol. The third-order valence-electron chi connectivity index (χ3n) is 3.68. The summed E-state index contributed by atoms with van der Waals surface area (Å²) in [6.45, 7) is 1.67. The van der Waals surface area contributed by atoms with Gasteiger partial charge in [-0.3, -0.25) is 4.79 Å². The smallest absolute Gasteiger partial charge is 0.316 e. The van der Waals surface area contributed by atoms with Crippen LogP contribution in [0.5, 0.6) is 5.75 Å². The molecule has 0 saturated carbocycles. The molecule has 0 atom stereocenters. The predicted molar refractivity (Wildman–Crippen MR) is 68.8 cm³/mol. The summed E-state index contributed by atoms with van der Waals surface area (Å²) in [5.41, 5.74) is 0.503. The lowest BCUT2D eigenvalue weighted by atomic mass is 9.73. The summed E-state index contributed by atoms with van der Waals surface area (Å²) in [7, 11) is 3.09. The number of benzene rings is 1. The fourth-order valence-corrected chi connectivity index (χ4v) is 2.57. The van der Waals surface area contributed by atoms with Crippen molar-refractivity contribution >= 4 is 5.97 Å². The van der Waals surface area contributed by atoms with Gasteiger partial charge in [-0.2, -0.15) is 0 Å². The summed E-state index contributed by atoms with van der Waals surface area (Å²) in [6, 6.07) is 7.70. The van der Waals surface area contributed by atoms with Gasteiger partial charge in [-0.05, 0) is 43.6 Å². The van der Waals surface area contributed by atoms with Gasteiger partial charge < -0.3 is 14.8 Å². The number of nitrogens with one attached hydrogen (secondary N) is 1. The van der Waals surface area contributed by atoms with E-state index >= 15 is 0 Å². The average molecular weight is 249 g/mol. The zero-order valence-corrected chi connectivity index (χ0v) is 10.9. The van der Waals surface area contributed by atoms with Crippen LogP contribution < -0.4 is 10.1 Å². The molecule has 0 amide bonds. The molecule has 1 aromatic carbocycles. The molecule has 1 heterocycles. The molecule has 98 valence electrons. The van der Waals surface area contributed by atoms with E-state index in [4.69, 9.17) is 9.47 Å². The largest absolute Gasteiger partial charge is 0.497 e. The van der Waals surface area contributed by atoms with Crippen LogP contribution in [-0.2, 0) is 14.9 Å². The molecule has 1 fully saturated rings. The number of carbonyl (C=O) groups is 1. The molecular formula is C14H19NO3. The van der Waals surface area contributed by atoms with Gasteiger partial charge in [0.15, 0.2) is 0 Å². The zero-order valence-electron chi connectivity index (χ0n) is 10.9. The fourth-order valence-electron chi connectivity index (χ4n) is 2.57. The molecule has 1 N–H and O–H groups in total. The van der Waals surface area contributed by atoms with Crippen LogP contribution in [0.3, 0.4) is 0 Å². The van der Waals surface area contributed by atoms with Crippen molar-refractivity contribution < 1.29 is 14.3 Å². The van der Waals surface area contributed by atoms with Crippen LogP contribution >= 0.6 is 0 Å². The highest BCUT2D eigenvalue weighted by atomic mass is 16.5. The lowest BCUT2D eigenvalue weighted by Gasteiger charge is -2.35. The lowest BCUT2D eigenvalue weighted by molar-refractivity contribution is -0.148. The third-order valence-corrected chi connectivity index (χ3v) is 3.68. The van der Waals surface area contributed by atoms with Crippen molar-refractivity contribution in [1.29, 1.82) is 0 Å². The summed E-state index contributed by atoms with van der Waals surface area (Å²) < 4.78 is 10.2. The lowest BCUT2D eigenvalue weighted by Crippen LogP contribution is -2.46. The minimum atomic E-state index is -0.508. The maximum atomic E-state index is 12.2. The molecule has 4 nitrogen and oxygen atoms in total. The van der Waals surface area contributed by atoms with E-state index in [2.05, 4.69) is 5.32 Å². The van der Waals surface area contributed by atoms with Gasteiger partial charge in [-0.25, -0.2) is 0 Å². The second kappa shape index (κ2) is 5.40. The molecule has 0 spiro atoms. The van der Waals surface area contributed by atoms with E-state index in [1.165, 1.54) is 7.11 Å². The molecule has 2 rings (SSSR count). The average Bonchev–Trinajstić information content (AvgIpc) is 2.47. The maximum absolute atomic E-state index is 12.2. The van der Waals surface area contributed by atoms with Gasteiger partial charge in [0.25, 0.3) is 0 Å². The van der Waals surface area contributed by atoms with E-state index in [1.54, 1.807) is 7.11 Å². The van der Waals surface area contributed by atoms with E-state index < -0.39 is 5.41 Å². The Kier molecular flexibility index (Phi) is 3.87. The molecule has 1 aliphatic rings. The van der Waals surface area contributed by atoms with Gasteiger partial charge in [-0.15, -0.1) is 0 Å². The van der Waals surface area contributed by atoms with Crippen LogP contribution in [0.4, 0.5) is 0 Å². The Morgan fingerprint density at radius 3 is 2.28 bits per heavy atom. The van der Waals surface area contributed by atoms with Crippen LogP contribution in [0, 0.1) is 0 Å². The molecule has 1 saturated heterocycles. The first-order valence-corrected chi connectivity index (χ1v) is 6.16. The van der Waals surface area contributed by atoms with Crippen molar-refractivity contribution in [2.45, 2.75) is 18.3 Å². The van der Waals surface area contributed by atoms with E-state index in [0.29, 0.717) is 0 Å². The number of hydrogen-bond donors (Lipinski definition) is 1. The molecule has 0 aliphatic carbocycles. The highest BCUT2D eigenvalue weighted by molar-refractivity contribution is 5.83. The summed E-state index contributed by atoms with van der Waals surface area (Å²) in [5.74, 6) is 0.655. The van der Waals surface area contributed by atoms with Gasteiger partial charge >= 0.3 is 5.97 Å². The van der Waals surface area contributed by atoms with Crippen LogP contribution in [0.25, 0.3) is 0 Å². The van der Waals surface area contributed by atoms with Crippen molar-refractivity contribution in [3.63, 3.8) is 0 Å². The van der Waals surface area contributed by atoms with Crippen molar-refractivity contribution in [2.24, 2.45) is 0 Å². The number of esters is 1. The zero-order chi connectivity index (χ0) is 13.0. The fraction of sp³-hybridized carbons (Fsp3) is 0.500. The van der Waals surface area contributed by atoms with Crippen molar-refractivity contribution in [2.75, 3.05) is 27.3 Å². The van der Waals surface area contributed by atoms with Gasteiger partial charge in [-0.1, -0.05) is 12.1 Å². The number of ether oxygens (including phenoxy) is 2. The highest BCUT2D eigenvalue weighted by Crippen LogP contribution is 2.35. The van der Waals surface area contributed by atoms with E-state index in [-0.39, 0.29) is 5.97 Å². The Bertz CT molecular complexity index is 408. The van der Waals surface area contributed by atoms with Crippen LogP contribution in [-0.4, -0.2) is 33.3 Å². The Hall–Kier alpha value is -1.55. The topological polar surface area (TPSA) is 47.6 Å². The van der Waals surface area contributed by atoms with Gasteiger partial charge in [0.05, 0.1) is 19.6 Å². The normalized spacial score (nSPS) is 18.1. The molecule has 1 aliphatic heterocycles. The number of carbonyl (C=O) groups excluding carboxylic acids is 1. The van der Waals surface area contributed by atoms with Crippen LogP contribution in [0.1, 0.15) is 18.4 Å². The second-order valence-electron chi connectivity index (χ2n) is 4.55. The maximum Gasteiger partial charge on any atom is 0.316 e. The first-order valence-electron chi connectivity index (χ1n) is 6.16. The van der Waals surface area contributed by atoms with Crippen molar-refractivity contribution in [1.82, 2.24) is 5.32 Å². The molecular weight excluding hydrogens is 230 g/mol. The summed E-state index contributed by atoms with van der Waals surface area (Å²) in [5, 5.41) is 3.28. The number of piperidine rings is 1. The number of hydrogen-bond acceptors (Lipinski definition) is 4. The Morgan fingerprint density at radius 1 is 1.17 bits per heavy atom. The van der Waals surface area contributed by atoms with Gasteiger partial charge in [0.1, 0.15) is 5.75 Å². The molecule has 4 heteroatoms. The minimum Gasteiger partial charge on any atom is -0.497 e. The Balaban J connectivity index is 2.35. The molecule has 0 bridgehead atoms. The second-order valence-corrected chi connectivity index (χ2v) is 4.55. The van der Waals surface area contributed by atoms with Gasteiger partial charge in [0, 0.05) is 0 Å². The number of rotatable bonds is 3. The van der Waals surface area contributed by atoms with E-state index in [9.17, 15) is 4.79 Å². The standard InChI is InChI=1S/C14H19NO3/c1-17-12-5-3-11(4-6-12)14(13(16)18-2)7-9-15-10-8-14/h3-6,15H,7-10H2,1-2H3. The molecule has 18 heavy (non-hydrogen) atoms. The van der Waals surface area contributed by atoms with Crippen molar-refractivity contribution in [3.05, 3.63) is 29.8 Å². The van der Waals surface area contributed by atoms with Crippen LogP contribution in [0.15, 0.2) is 24.3 Å². The van der Waals surface area contributed by atoms with Crippen molar-refractivity contribution in [3.8, 4) is 5.75 Å². The molecule has 0 unspecified atom stereocenters. The first kappa shape index (κ1) is 12.9. The predicted octanol–water partition coefficient (Wildman–Crippen LogP) is 1.49. The summed E-state index contributed by atoms with van der Waals surface area (Å²) >= 11 is 0. The Morgan fingerprint density at radius 2 is 1.78 bits per heavy atom. The molecule has 0 radical (unpaired) electrons. The quantitative estimate of drug-likeness (QED) is 0.824. The first-order chi connectivity index (χ1) is 8.73. The summed E-state index contributed by atoms with van der Waals surface area (Å²) in [4.78, 5) is 12.2. The summed E-state index contributed by atoms with van der Waals surface area (Å²) in [6.07, 6.45) is 1.54. The van der Waals surface area contributed by atoms with Gasteiger partial charge in [0.2, 0.25) is 0 Å². The molecule has 1 aromatic rings. The molecule has 0 aromatic heterocycles. The van der Waals surface area contributed by atoms with Crippen LogP contribution in [0.2, 0.25) is 0 Å². The Labute approximate surface area is 107 Å². The SMILES string of the molecule is COC(=O)C1(c2ccc(OC)cc2)CCNCC1. The third kappa shape index (κ3) is 2.20. The highest BCUT2D eigenvalue weighted by Gasteiger charge is 2.42. The minimum absolute atomic E-state index is 0.144. The van der Waals surface area contributed by atoms with E-state index in [1.807, 2.05) is 24.3 Å².